The molecule has 1 unspecified atom stereocenters. The fourth-order valence-corrected chi connectivity index (χ4v) is 3.34. The van der Waals surface area contributed by atoms with Gasteiger partial charge in [0.1, 0.15) is 0 Å². The van der Waals surface area contributed by atoms with Crippen LogP contribution in [0.4, 0.5) is 11.4 Å². The molecular formula is C24H33N3O5. The number of carbonyl (C=O) groups excluding carboxylic acids is 2. The third-order valence-corrected chi connectivity index (χ3v) is 5.05. The highest BCUT2D eigenvalue weighted by atomic mass is 16.5. The maximum absolute atomic E-state index is 12.7. The van der Waals surface area contributed by atoms with Gasteiger partial charge in [0.2, 0.25) is 17.6 Å². The van der Waals surface area contributed by atoms with E-state index in [1.165, 1.54) is 21.3 Å². The summed E-state index contributed by atoms with van der Waals surface area (Å²) in [6.07, 6.45) is 1.11. The Hall–Kier alpha value is -3.26. The van der Waals surface area contributed by atoms with Crippen molar-refractivity contribution in [1.82, 2.24) is 4.90 Å². The summed E-state index contributed by atoms with van der Waals surface area (Å²) in [5.41, 5.74) is 1.29. The molecule has 0 radical (unpaired) electrons. The largest absolute Gasteiger partial charge is 0.493 e. The molecule has 0 aliphatic rings. The number of benzene rings is 2. The lowest BCUT2D eigenvalue weighted by molar-refractivity contribution is -0.122. The Balaban J connectivity index is 2.00. The number of nitrogens with zero attached hydrogens (tertiary/aromatic N) is 1. The van der Waals surface area contributed by atoms with E-state index in [0.717, 1.165) is 12.1 Å². The zero-order valence-electron chi connectivity index (χ0n) is 19.4. The van der Waals surface area contributed by atoms with Gasteiger partial charge in [-0.3, -0.25) is 14.5 Å². The van der Waals surface area contributed by atoms with E-state index in [1.54, 1.807) is 12.1 Å². The number of nitrogens with one attached hydrogen (secondary N) is 2. The first-order valence-electron chi connectivity index (χ1n) is 10.6. The summed E-state index contributed by atoms with van der Waals surface area (Å²) in [5.74, 6) is 1.10. The highest BCUT2D eigenvalue weighted by Gasteiger charge is 2.22. The first-order chi connectivity index (χ1) is 15.4. The maximum atomic E-state index is 12.7. The van der Waals surface area contributed by atoms with E-state index in [4.69, 9.17) is 14.2 Å². The van der Waals surface area contributed by atoms with Gasteiger partial charge in [-0.25, -0.2) is 0 Å². The van der Waals surface area contributed by atoms with Crippen molar-refractivity contribution in [3.8, 4) is 17.2 Å². The van der Waals surface area contributed by atoms with Crippen LogP contribution in [-0.2, 0) is 9.59 Å². The summed E-state index contributed by atoms with van der Waals surface area (Å²) in [7, 11) is 4.57. The summed E-state index contributed by atoms with van der Waals surface area (Å²) in [5, 5.41) is 5.79. The van der Waals surface area contributed by atoms with Crippen LogP contribution >= 0.6 is 0 Å². The second kappa shape index (κ2) is 12.6. The summed E-state index contributed by atoms with van der Waals surface area (Å²) in [6, 6.07) is 12.3. The molecule has 0 saturated heterocycles. The van der Waals surface area contributed by atoms with Crippen LogP contribution in [0.3, 0.4) is 0 Å². The minimum Gasteiger partial charge on any atom is -0.493 e. The van der Waals surface area contributed by atoms with Crippen LogP contribution in [0.25, 0.3) is 0 Å². The molecule has 174 valence electrons. The SMILES string of the molecule is CCCN(CCC(=O)Nc1cc(OC)c(OC)c(OC)c1)C(C)C(=O)Nc1ccccc1. The fraction of sp³-hybridized carbons (Fsp3) is 0.417. The van der Waals surface area contributed by atoms with Gasteiger partial charge in [-0.2, -0.15) is 0 Å². The molecule has 1 atom stereocenters. The molecule has 2 aromatic carbocycles. The van der Waals surface area contributed by atoms with Crippen molar-refractivity contribution in [1.29, 1.82) is 0 Å². The van der Waals surface area contributed by atoms with Crippen LogP contribution in [0.5, 0.6) is 17.2 Å². The molecule has 8 heteroatoms. The van der Waals surface area contributed by atoms with E-state index in [1.807, 2.05) is 49.1 Å². The van der Waals surface area contributed by atoms with Crippen LogP contribution in [0.15, 0.2) is 42.5 Å². The van der Waals surface area contributed by atoms with Crippen molar-refractivity contribution in [2.45, 2.75) is 32.7 Å². The average molecular weight is 444 g/mol. The van der Waals surface area contributed by atoms with Crippen LogP contribution in [0.2, 0.25) is 0 Å². The number of carbonyl (C=O) groups is 2. The molecule has 32 heavy (non-hydrogen) atoms. The minimum absolute atomic E-state index is 0.102. The molecule has 0 fully saturated rings. The molecule has 8 nitrogen and oxygen atoms in total. The number of methoxy groups -OCH3 is 3. The molecular weight excluding hydrogens is 410 g/mol. The predicted octanol–water partition coefficient (Wildman–Crippen LogP) is 3.78. The van der Waals surface area contributed by atoms with Crippen LogP contribution in [0.1, 0.15) is 26.7 Å². The Morgan fingerprint density at radius 3 is 2.06 bits per heavy atom. The Bertz CT molecular complexity index is 863. The molecule has 2 aromatic rings. The van der Waals surface area contributed by atoms with Gasteiger partial charge in [0, 0.05) is 36.5 Å². The van der Waals surface area contributed by atoms with Gasteiger partial charge in [0.05, 0.1) is 27.4 Å². The van der Waals surface area contributed by atoms with E-state index in [2.05, 4.69) is 10.6 Å². The highest BCUT2D eigenvalue weighted by molar-refractivity contribution is 5.95. The predicted molar refractivity (Wildman–Crippen MR) is 126 cm³/mol. The number of rotatable bonds is 12. The van der Waals surface area contributed by atoms with Crippen molar-refractivity contribution in [3.05, 3.63) is 42.5 Å². The van der Waals surface area contributed by atoms with E-state index in [9.17, 15) is 9.59 Å². The molecule has 0 aliphatic carbocycles. The molecule has 2 amide bonds. The Morgan fingerprint density at radius 1 is 0.906 bits per heavy atom. The second-order valence-electron chi connectivity index (χ2n) is 7.28. The number of anilines is 2. The lowest BCUT2D eigenvalue weighted by Crippen LogP contribution is -2.43. The maximum Gasteiger partial charge on any atom is 0.241 e. The smallest absolute Gasteiger partial charge is 0.241 e. The van der Waals surface area contributed by atoms with Crippen molar-refractivity contribution in [3.63, 3.8) is 0 Å². The Kier molecular flexibility index (Phi) is 9.81. The number of hydrogen-bond donors (Lipinski definition) is 2. The van der Waals surface area contributed by atoms with Gasteiger partial charge >= 0.3 is 0 Å². The van der Waals surface area contributed by atoms with E-state index < -0.39 is 0 Å². The number of amides is 2. The third-order valence-electron chi connectivity index (χ3n) is 5.05. The zero-order chi connectivity index (χ0) is 23.5. The van der Waals surface area contributed by atoms with Gasteiger partial charge in [-0.05, 0) is 32.0 Å². The lowest BCUT2D eigenvalue weighted by Gasteiger charge is -2.27. The summed E-state index contributed by atoms with van der Waals surface area (Å²) >= 11 is 0. The van der Waals surface area contributed by atoms with E-state index >= 15 is 0 Å². The van der Waals surface area contributed by atoms with Gasteiger partial charge in [0.25, 0.3) is 0 Å². The molecule has 0 bridgehead atoms. The molecule has 2 rings (SSSR count). The molecule has 0 saturated carbocycles. The third kappa shape index (κ3) is 6.88. The highest BCUT2D eigenvalue weighted by Crippen LogP contribution is 2.39. The molecule has 0 aliphatic heterocycles. The Labute approximate surface area is 189 Å². The van der Waals surface area contributed by atoms with Gasteiger partial charge < -0.3 is 24.8 Å². The molecule has 0 spiro atoms. The average Bonchev–Trinajstić information content (AvgIpc) is 2.81. The number of hydrogen-bond acceptors (Lipinski definition) is 6. The fourth-order valence-electron chi connectivity index (χ4n) is 3.34. The first kappa shape index (κ1) is 25.0. The van der Waals surface area contributed by atoms with Gasteiger partial charge in [0.15, 0.2) is 11.5 Å². The van der Waals surface area contributed by atoms with Gasteiger partial charge in [-0.1, -0.05) is 25.1 Å². The van der Waals surface area contributed by atoms with Crippen LogP contribution < -0.4 is 24.8 Å². The first-order valence-corrected chi connectivity index (χ1v) is 10.6. The standard InChI is InChI=1S/C24H33N3O5/c1-6-13-27(17(2)24(29)26-18-10-8-7-9-11-18)14-12-22(28)25-19-15-20(30-3)23(32-5)21(16-19)31-4/h7-11,15-17H,6,12-14H2,1-5H3,(H,25,28)(H,26,29). The quantitative estimate of drug-likeness (QED) is 0.519. The van der Waals surface area contributed by atoms with Crippen LogP contribution in [-0.4, -0.2) is 57.2 Å². The van der Waals surface area contributed by atoms with Crippen molar-refractivity contribution in [2.24, 2.45) is 0 Å². The number of ether oxygens (including phenoxy) is 3. The van der Waals surface area contributed by atoms with E-state index in [0.29, 0.717) is 36.0 Å². The van der Waals surface area contributed by atoms with Gasteiger partial charge in [-0.15, -0.1) is 0 Å². The topological polar surface area (TPSA) is 89.1 Å². The summed E-state index contributed by atoms with van der Waals surface area (Å²) in [4.78, 5) is 27.3. The van der Waals surface area contributed by atoms with Crippen molar-refractivity contribution < 1.29 is 23.8 Å². The minimum atomic E-state index is -0.371. The normalized spacial score (nSPS) is 11.6. The molecule has 2 N–H and O–H groups in total. The summed E-state index contributed by atoms with van der Waals surface area (Å²) in [6.45, 7) is 5.06. The Morgan fingerprint density at radius 2 is 1.53 bits per heavy atom. The van der Waals surface area contributed by atoms with Crippen molar-refractivity contribution in [2.75, 3.05) is 45.1 Å². The second-order valence-corrected chi connectivity index (χ2v) is 7.28. The zero-order valence-corrected chi connectivity index (χ0v) is 19.4. The molecule has 0 aromatic heterocycles. The van der Waals surface area contributed by atoms with E-state index in [-0.39, 0.29) is 24.3 Å². The summed E-state index contributed by atoms with van der Waals surface area (Å²) < 4.78 is 16.0. The monoisotopic (exact) mass is 443 g/mol. The van der Waals surface area contributed by atoms with Crippen molar-refractivity contribution >= 4 is 23.2 Å². The molecule has 0 heterocycles. The number of para-hydroxylation sites is 1. The van der Waals surface area contributed by atoms with Crippen LogP contribution in [0, 0.1) is 0 Å². The lowest BCUT2D eigenvalue weighted by atomic mass is 10.2.